The van der Waals surface area contributed by atoms with Crippen LogP contribution in [0.3, 0.4) is 0 Å². The molecular weight excluding hydrogens is 425 g/mol. The van der Waals surface area contributed by atoms with Gasteiger partial charge in [-0.3, -0.25) is 9.59 Å². The second-order valence-electron chi connectivity index (χ2n) is 7.97. The Morgan fingerprint density at radius 2 is 1.85 bits per heavy atom. The third-order valence-electron chi connectivity index (χ3n) is 5.93. The van der Waals surface area contributed by atoms with Gasteiger partial charge >= 0.3 is 0 Å². The first-order valence-corrected chi connectivity index (χ1v) is 11.1. The van der Waals surface area contributed by atoms with Gasteiger partial charge in [0.1, 0.15) is 11.6 Å². The highest BCUT2D eigenvalue weighted by molar-refractivity contribution is 6.08. The molecule has 1 saturated heterocycles. The zero-order valence-corrected chi connectivity index (χ0v) is 18.9. The van der Waals surface area contributed by atoms with Crippen molar-refractivity contribution >= 4 is 22.7 Å². The third kappa shape index (κ3) is 5.01. The molecule has 1 aromatic heterocycles. The number of aryl methyl sites for hydroxylation is 1. The molecule has 1 N–H and O–H groups in total. The molecule has 0 spiro atoms. The number of nitrogens with one attached hydrogen (secondary N) is 1. The van der Waals surface area contributed by atoms with Gasteiger partial charge in [-0.25, -0.2) is 4.39 Å². The third-order valence-corrected chi connectivity index (χ3v) is 5.93. The number of hydrogen-bond acceptors (Lipinski definition) is 4. The minimum Gasteiger partial charge on any atom is -0.484 e. The van der Waals surface area contributed by atoms with Crippen LogP contribution in [0.4, 0.5) is 4.39 Å². The van der Waals surface area contributed by atoms with Crippen LogP contribution in [0.2, 0.25) is 0 Å². The summed E-state index contributed by atoms with van der Waals surface area (Å²) in [7, 11) is 0. The molecule has 1 aliphatic rings. The number of rotatable bonds is 7. The molecule has 0 unspecified atom stereocenters. The standard InChI is InChI=1S/C25H28FN3O4/c1-3-29-17(2)24(25(31)27-15-18-4-6-19(26)7-5-18)21-14-20(8-9-22(21)29)33-16-23(30)28-10-12-32-13-11-28/h4-9,14H,3,10-13,15-16H2,1-2H3,(H,27,31). The molecule has 0 radical (unpaired) electrons. The summed E-state index contributed by atoms with van der Waals surface area (Å²) in [6.07, 6.45) is 0. The lowest BCUT2D eigenvalue weighted by molar-refractivity contribution is -0.137. The van der Waals surface area contributed by atoms with E-state index in [0.717, 1.165) is 22.2 Å². The maximum atomic E-state index is 13.1. The topological polar surface area (TPSA) is 72.8 Å². The van der Waals surface area contributed by atoms with E-state index in [-0.39, 0.29) is 24.2 Å². The number of aromatic nitrogens is 1. The molecule has 33 heavy (non-hydrogen) atoms. The number of carbonyl (C=O) groups excluding carboxylic acids is 2. The summed E-state index contributed by atoms with van der Waals surface area (Å²) in [5.74, 6) is -0.0787. The molecule has 174 valence electrons. The van der Waals surface area contributed by atoms with E-state index < -0.39 is 0 Å². The number of amides is 2. The van der Waals surface area contributed by atoms with Crippen molar-refractivity contribution in [3.8, 4) is 5.75 Å². The van der Waals surface area contributed by atoms with E-state index in [1.54, 1.807) is 17.0 Å². The number of benzene rings is 2. The highest BCUT2D eigenvalue weighted by atomic mass is 19.1. The lowest BCUT2D eigenvalue weighted by atomic mass is 10.1. The molecule has 2 aromatic carbocycles. The maximum absolute atomic E-state index is 13.1. The van der Waals surface area contributed by atoms with Crippen LogP contribution in [-0.4, -0.2) is 54.2 Å². The number of fused-ring (bicyclic) bond motifs is 1. The van der Waals surface area contributed by atoms with Crippen molar-refractivity contribution < 1.29 is 23.5 Å². The Balaban J connectivity index is 1.53. The number of carbonyl (C=O) groups is 2. The van der Waals surface area contributed by atoms with Gasteiger partial charge in [-0.15, -0.1) is 0 Å². The second kappa shape index (κ2) is 10.0. The summed E-state index contributed by atoms with van der Waals surface area (Å²) in [5.41, 5.74) is 3.16. The van der Waals surface area contributed by atoms with Crippen molar-refractivity contribution in [2.75, 3.05) is 32.9 Å². The zero-order chi connectivity index (χ0) is 23.4. The summed E-state index contributed by atoms with van der Waals surface area (Å²) in [6.45, 7) is 7.10. The van der Waals surface area contributed by atoms with Gasteiger partial charge in [0.2, 0.25) is 0 Å². The summed E-state index contributed by atoms with van der Waals surface area (Å²) in [6, 6.07) is 11.6. The second-order valence-corrected chi connectivity index (χ2v) is 7.97. The monoisotopic (exact) mass is 453 g/mol. The number of morpholine rings is 1. The molecule has 2 amide bonds. The molecule has 0 bridgehead atoms. The van der Waals surface area contributed by atoms with Gasteiger partial charge < -0.3 is 24.3 Å². The van der Waals surface area contributed by atoms with Crippen molar-refractivity contribution in [3.63, 3.8) is 0 Å². The van der Waals surface area contributed by atoms with Crippen LogP contribution in [-0.2, 0) is 22.6 Å². The fourth-order valence-corrected chi connectivity index (χ4v) is 4.17. The quantitative estimate of drug-likeness (QED) is 0.596. The zero-order valence-electron chi connectivity index (χ0n) is 18.9. The maximum Gasteiger partial charge on any atom is 0.260 e. The molecule has 0 aliphatic carbocycles. The number of ether oxygens (including phenoxy) is 2. The first-order valence-electron chi connectivity index (χ1n) is 11.1. The highest BCUT2D eigenvalue weighted by Gasteiger charge is 2.21. The fraction of sp³-hybridized carbons (Fsp3) is 0.360. The Kier molecular flexibility index (Phi) is 6.93. The van der Waals surface area contributed by atoms with Crippen molar-refractivity contribution in [2.24, 2.45) is 0 Å². The van der Waals surface area contributed by atoms with E-state index in [9.17, 15) is 14.0 Å². The van der Waals surface area contributed by atoms with E-state index in [4.69, 9.17) is 9.47 Å². The molecule has 7 nitrogen and oxygen atoms in total. The summed E-state index contributed by atoms with van der Waals surface area (Å²) >= 11 is 0. The van der Waals surface area contributed by atoms with Gasteiger partial charge in [0.15, 0.2) is 6.61 Å². The van der Waals surface area contributed by atoms with Gasteiger partial charge in [-0.2, -0.15) is 0 Å². The Morgan fingerprint density at radius 1 is 1.12 bits per heavy atom. The predicted octanol–water partition coefficient (Wildman–Crippen LogP) is 3.28. The average molecular weight is 454 g/mol. The molecule has 3 aromatic rings. The van der Waals surface area contributed by atoms with Crippen LogP contribution in [0, 0.1) is 12.7 Å². The van der Waals surface area contributed by atoms with Crippen molar-refractivity contribution in [1.82, 2.24) is 14.8 Å². The lowest BCUT2D eigenvalue weighted by Gasteiger charge is -2.26. The summed E-state index contributed by atoms with van der Waals surface area (Å²) in [4.78, 5) is 27.3. The molecule has 1 fully saturated rings. The van der Waals surface area contributed by atoms with E-state index in [2.05, 4.69) is 9.88 Å². The lowest BCUT2D eigenvalue weighted by Crippen LogP contribution is -2.42. The number of halogens is 1. The highest BCUT2D eigenvalue weighted by Crippen LogP contribution is 2.29. The fourth-order valence-electron chi connectivity index (χ4n) is 4.17. The van der Waals surface area contributed by atoms with Gasteiger partial charge in [0.25, 0.3) is 11.8 Å². The van der Waals surface area contributed by atoms with Crippen molar-refractivity contribution in [3.05, 3.63) is 65.1 Å². The Morgan fingerprint density at radius 3 is 2.55 bits per heavy atom. The molecular formula is C25H28FN3O4. The number of hydrogen-bond donors (Lipinski definition) is 1. The normalized spacial score (nSPS) is 13.8. The molecule has 0 atom stereocenters. The first kappa shape index (κ1) is 22.8. The minimum atomic E-state index is -0.313. The van der Waals surface area contributed by atoms with Gasteiger partial charge in [-0.1, -0.05) is 12.1 Å². The molecule has 0 saturated carbocycles. The molecule has 2 heterocycles. The first-order chi connectivity index (χ1) is 16.0. The van der Waals surface area contributed by atoms with Crippen LogP contribution >= 0.6 is 0 Å². The van der Waals surface area contributed by atoms with Gasteiger partial charge in [0, 0.05) is 42.8 Å². The van der Waals surface area contributed by atoms with Gasteiger partial charge in [0.05, 0.1) is 18.8 Å². The molecule has 4 rings (SSSR count). The smallest absolute Gasteiger partial charge is 0.260 e. The Labute approximate surface area is 192 Å². The van der Waals surface area contributed by atoms with Crippen molar-refractivity contribution in [1.29, 1.82) is 0 Å². The SMILES string of the molecule is CCn1c(C)c(C(=O)NCc2ccc(F)cc2)c2cc(OCC(=O)N3CCOCC3)ccc21. The number of nitrogens with zero attached hydrogens (tertiary/aromatic N) is 2. The van der Waals surface area contributed by atoms with E-state index in [0.29, 0.717) is 50.7 Å². The van der Waals surface area contributed by atoms with Crippen LogP contribution in [0.1, 0.15) is 28.5 Å². The average Bonchev–Trinajstić information content (AvgIpc) is 3.12. The predicted molar refractivity (Wildman–Crippen MR) is 123 cm³/mol. The molecule has 1 aliphatic heterocycles. The van der Waals surface area contributed by atoms with E-state index in [1.165, 1.54) is 12.1 Å². The van der Waals surface area contributed by atoms with E-state index >= 15 is 0 Å². The molecule has 8 heteroatoms. The van der Waals surface area contributed by atoms with E-state index in [1.807, 2.05) is 32.0 Å². The van der Waals surface area contributed by atoms with Crippen LogP contribution in [0.15, 0.2) is 42.5 Å². The summed E-state index contributed by atoms with van der Waals surface area (Å²) in [5, 5.41) is 3.70. The minimum absolute atomic E-state index is 0.0644. The summed E-state index contributed by atoms with van der Waals surface area (Å²) < 4.78 is 26.3. The Hall–Kier alpha value is -3.39. The van der Waals surface area contributed by atoms with Crippen molar-refractivity contribution in [2.45, 2.75) is 26.9 Å². The largest absolute Gasteiger partial charge is 0.484 e. The van der Waals surface area contributed by atoms with Gasteiger partial charge in [-0.05, 0) is 49.7 Å². The Bertz CT molecular complexity index is 1150. The van der Waals surface area contributed by atoms with Crippen LogP contribution in [0.25, 0.3) is 10.9 Å². The van der Waals surface area contributed by atoms with Crippen LogP contribution in [0.5, 0.6) is 5.75 Å². The van der Waals surface area contributed by atoms with Crippen LogP contribution < -0.4 is 10.1 Å².